The van der Waals surface area contributed by atoms with Crippen molar-refractivity contribution < 1.29 is 9.84 Å². The summed E-state index contributed by atoms with van der Waals surface area (Å²) in [4.78, 5) is 4.77. The molecule has 0 radical (unpaired) electrons. The van der Waals surface area contributed by atoms with Crippen molar-refractivity contribution in [1.29, 1.82) is 0 Å². The summed E-state index contributed by atoms with van der Waals surface area (Å²) in [5, 5.41) is 11.2. The number of nitrogens with zero attached hydrogens (tertiary/aromatic N) is 2. The van der Waals surface area contributed by atoms with Crippen LogP contribution in [0.2, 0.25) is 5.02 Å². The first-order chi connectivity index (χ1) is 13.4. The number of aliphatic hydroxyl groups is 1. The summed E-state index contributed by atoms with van der Waals surface area (Å²) in [5.41, 5.74) is 4.77. The maximum Gasteiger partial charge on any atom is 0.125 e. The van der Waals surface area contributed by atoms with E-state index in [1.165, 1.54) is 11.1 Å². The van der Waals surface area contributed by atoms with E-state index in [-0.39, 0.29) is 0 Å². The Labute approximate surface area is 173 Å². The maximum absolute atomic E-state index is 10.4. The van der Waals surface area contributed by atoms with Gasteiger partial charge < -0.3 is 9.84 Å². The summed E-state index contributed by atoms with van der Waals surface area (Å²) < 4.78 is 5.94. The molecule has 5 heteroatoms. The first kappa shape index (κ1) is 21.1. The summed E-state index contributed by atoms with van der Waals surface area (Å²) in [5.74, 6) is 0.900. The molecule has 1 aliphatic heterocycles. The Kier molecular flexibility index (Phi) is 7.36. The quantitative estimate of drug-likeness (QED) is 0.763. The SMILES string of the molecule is Cc1cc(C)c(OC[C@H](O)CN2CCN(Cc3ccc(Cl)cc3)CC2)c(C)c1. The molecule has 0 spiro atoms. The lowest BCUT2D eigenvalue weighted by molar-refractivity contribution is 0.0443. The van der Waals surface area contributed by atoms with Crippen molar-refractivity contribution in [3.05, 3.63) is 63.7 Å². The van der Waals surface area contributed by atoms with E-state index in [9.17, 15) is 5.11 Å². The average Bonchev–Trinajstić information content (AvgIpc) is 2.64. The number of aryl methyl sites for hydroxylation is 3. The lowest BCUT2D eigenvalue weighted by Crippen LogP contribution is -2.48. The zero-order valence-electron chi connectivity index (χ0n) is 17.1. The molecule has 28 heavy (non-hydrogen) atoms. The smallest absolute Gasteiger partial charge is 0.125 e. The topological polar surface area (TPSA) is 35.9 Å². The number of benzene rings is 2. The van der Waals surface area contributed by atoms with E-state index >= 15 is 0 Å². The number of ether oxygens (including phenoxy) is 1. The molecular weight excluding hydrogens is 372 g/mol. The van der Waals surface area contributed by atoms with Gasteiger partial charge in [0.25, 0.3) is 0 Å². The molecule has 1 heterocycles. The lowest BCUT2D eigenvalue weighted by atomic mass is 10.1. The van der Waals surface area contributed by atoms with Gasteiger partial charge in [0.1, 0.15) is 18.5 Å². The summed E-state index contributed by atoms with van der Waals surface area (Å²) in [7, 11) is 0. The van der Waals surface area contributed by atoms with Gasteiger partial charge >= 0.3 is 0 Å². The molecule has 0 bridgehead atoms. The largest absolute Gasteiger partial charge is 0.490 e. The maximum atomic E-state index is 10.4. The monoisotopic (exact) mass is 402 g/mol. The zero-order valence-corrected chi connectivity index (χ0v) is 17.9. The molecule has 0 aromatic heterocycles. The number of hydrogen-bond acceptors (Lipinski definition) is 4. The van der Waals surface area contributed by atoms with Crippen LogP contribution in [0, 0.1) is 20.8 Å². The first-order valence-electron chi connectivity index (χ1n) is 9.98. The van der Waals surface area contributed by atoms with E-state index in [4.69, 9.17) is 16.3 Å². The number of hydrogen-bond donors (Lipinski definition) is 1. The van der Waals surface area contributed by atoms with Crippen molar-refractivity contribution in [1.82, 2.24) is 9.80 Å². The van der Waals surface area contributed by atoms with Gasteiger partial charge in [-0.3, -0.25) is 9.80 Å². The third-order valence-corrected chi connectivity index (χ3v) is 5.53. The molecule has 3 rings (SSSR count). The van der Waals surface area contributed by atoms with Crippen LogP contribution in [0.25, 0.3) is 0 Å². The second kappa shape index (κ2) is 9.75. The third kappa shape index (κ3) is 5.95. The molecule has 152 valence electrons. The molecule has 4 nitrogen and oxygen atoms in total. The molecule has 1 saturated heterocycles. The Morgan fingerprint density at radius 1 is 0.964 bits per heavy atom. The highest BCUT2D eigenvalue weighted by atomic mass is 35.5. The zero-order chi connectivity index (χ0) is 20.1. The van der Waals surface area contributed by atoms with Crippen LogP contribution < -0.4 is 4.74 Å². The predicted molar refractivity (Wildman–Crippen MR) is 115 cm³/mol. The minimum absolute atomic E-state index is 0.329. The van der Waals surface area contributed by atoms with Crippen molar-refractivity contribution in [2.45, 2.75) is 33.4 Å². The Bertz CT molecular complexity index is 748. The molecule has 1 N–H and O–H groups in total. The molecule has 2 aromatic rings. The van der Waals surface area contributed by atoms with Gasteiger partial charge in [0.05, 0.1) is 0 Å². The second-order valence-electron chi connectivity index (χ2n) is 7.90. The van der Waals surface area contributed by atoms with Gasteiger partial charge in [-0.2, -0.15) is 0 Å². The van der Waals surface area contributed by atoms with Crippen molar-refractivity contribution in [3.63, 3.8) is 0 Å². The molecule has 0 unspecified atom stereocenters. The van der Waals surface area contributed by atoms with Crippen molar-refractivity contribution in [2.24, 2.45) is 0 Å². The summed E-state index contributed by atoms with van der Waals surface area (Å²) in [6, 6.07) is 12.3. The van der Waals surface area contributed by atoms with Crippen LogP contribution in [-0.4, -0.2) is 60.3 Å². The standard InChI is InChI=1S/C23H31ClN2O2/c1-17-12-18(2)23(19(3)13-17)28-16-22(27)15-26-10-8-25(9-11-26)14-20-4-6-21(24)7-5-20/h4-7,12-13,22,27H,8-11,14-16H2,1-3H3/t22-/m1/s1. The Morgan fingerprint density at radius 2 is 1.54 bits per heavy atom. The predicted octanol–water partition coefficient (Wildman–Crippen LogP) is 3.82. The number of aliphatic hydroxyl groups excluding tert-OH is 1. The van der Waals surface area contributed by atoms with Gasteiger partial charge in [0.2, 0.25) is 0 Å². The molecule has 0 amide bonds. The van der Waals surface area contributed by atoms with E-state index in [1.807, 2.05) is 12.1 Å². The van der Waals surface area contributed by atoms with Crippen molar-refractivity contribution in [3.8, 4) is 5.75 Å². The summed E-state index contributed by atoms with van der Waals surface area (Å²) >= 11 is 5.96. The molecule has 2 aromatic carbocycles. The van der Waals surface area contributed by atoms with Gasteiger partial charge in [-0.15, -0.1) is 0 Å². The minimum atomic E-state index is -0.483. The second-order valence-corrected chi connectivity index (χ2v) is 8.33. The number of piperazine rings is 1. The Morgan fingerprint density at radius 3 is 2.14 bits per heavy atom. The Balaban J connectivity index is 1.41. The van der Waals surface area contributed by atoms with Gasteiger partial charge in [-0.25, -0.2) is 0 Å². The normalized spacial score (nSPS) is 16.9. The van der Waals surface area contributed by atoms with E-state index in [0.717, 1.165) is 54.6 Å². The van der Waals surface area contributed by atoms with Gasteiger partial charge in [-0.1, -0.05) is 41.4 Å². The lowest BCUT2D eigenvalue weighted by Gasteiger charge is -2.35. The van der Waals surface area contributed by atoms with Crippen molar-refractivity contribution in [2.75, 3.05) is 39.3 Å². The van der Waals surface area contributed by atoms with E-state index in [2.05, 4.69) is 54.8 Å². The molecule has 1 atom stereocenters. The fraction of sp³-hybridized carbons (Fsp3) is 0.478. The highest BCUT2D eigenvalue weighted by Gasteiger charge is 2.20. The van der Waals surface area contributed by atoms with Gasteiger partial charge in [-0.05, 0) is 49.6 Å². The van der Waals surface area contributed by atoms with Gasteiger partial charge in [0, 0.05) is 44.3 Å². The van der Waals surface area contributed by atoms with Crippen LogP contribution in [-0.2, 0) is 6.54 Å². The number of halogens is 1. The van der Waals surface area contributed by atoms with Crippen LogP contribution in [0.15, 0.2) is 36.4 Å². The molecule has 1 aliphatic rings. The van der Waals surface area contributed by atoms with Crippen LogP contribution in [0.4, 0.5) is 0 Å². The number of rotatable bonds is 7. The van der Waals surface area contributed by atoms with Crippen LogP contribution >= 0.6 is 11.6 Å². The fourth-order valence-electron chi connectivity index (χ4n) is 3.90. The highest BCUT2D eigenvalue weighted by Crippen LogP contribution is 2.24. The van der Waals surface area contributed by atoms with Gasteiger partial charge in [0.15, 0.2) is 0 Å². The summed E-state index contributed by atoms with van der Waals surface area (Å²) in [6.07, 6.45) is -0.483. The Hall–Kier alpha value is -1.59. The van der Waals surface area contributed by atoms with Crippen molar-refractivity contribution >= 4 is 11.6 Å². The van der Waals surface area contributed by atoms with Crippen LogP contribution in [0.5, 0.6) is 5.75 Å². The van der Waals surface area contributed by atoms with E-state index in [1.54, 1.807) is 0 Å². The summed E-state index contributed by atoms with van der Waals surface area (Å²) in [6.45, 7) is 12.1. The molecule has 0 saturated carbocycles. The van der Waals surface area contributed by atoms with E-state index < -0.39 is 6.10 Å². The first-order valence-corrected chi connectivity index (χ1v) is 10.4. The van der Waals surface area contributed by atoms with Crippen LogP contribution in [0.1, 0.15) is 22.3 Å². The number of β-amino-alcohol motifs (C(OH)–C–C–N with tert-alkyl or cyclic N) is 1. The minimum Gasteiger partial charge on any atom is -0.490 e. The molecule has 1 fully saturated rings. The van der Waals surface area contributed by atoms with E-state index in [0.29, 0.717) is 13.2 Å². The third-order valence-electron chi connectivity index (χ3n) is 5.28. The molecule has 0 aliphatic carbocycles. The van der Waals surface area contributed by atoms with Crippen LogP contribution in [0.3, 0.4) is 0 Å². The highest BCUT2D eigenvalue weighted by molar-refractivity contribution is 6.30. The average molecular weight is 403 g/mol. The molecular formula is C23H31ClN2O2. The fourth-order valence-corrected chi connectivity index (χ4v) is 4.03.